The first-order valence-electron chi connectivity index (χ1n) is 16.5. The summed E-state index contributed by atoms with van der Waals surface area (Å²) in [5, 5.41) is 0. The minimum absolute atomic E-state index is 1.06. The quantitative estimate of drug-likeness (QED) is 0.141. The summed E-state index contributed by atoms with van der Waals surface area (Å²) in [7, 11) is 0. The maximum Gasteiger partial charge on any atom is 0.215 e. The lowest BCUT2D eigenvalue weighted by Gasteiger charge is -2.13. The number of allylic oxidation sites excluding steroid dienone is 3. The monoisotopic (exact) mass is 540 g/mol. The molecule has 3 rings (SSSR count). The van der Waals surface area contributed by atoms with Crippen molar-refractivity contribution < 1.29 is 4.68 Å². The van der Waals surface area contributed by atoms with Crippen molar-refractivity contribution in [2.75, 3.05) is 0 Å². The second-order valence-corrected chi connectivity index (χ2v) is 11.9. The number of rotatable bonds is 17. The van der Waals surface area contributed by atoms with Crippen LogP contribution in [0.5, 0.6) is 0 Å². The number of aryl methyl sites for hydroxylation is 4. The maximum absolute atomic E-state index is 9.59. The average molecular weight is 541 g/mol. The van der Waals surface area contributed by atoms with Crippen LogP contribution in [0.2, 0.25) is 0 Å². The van der Waals surface area contributed by atoms with Crippen molar-refractivity contribution in [1.82, 2.24) is 0 Å². The SMILES string of the molecule is CCCCC=C1C(C)=C(c2cc(CCCC)cc(CCCC)c2)[N+]([NH-])=C1c1cc(CCCC)cc(CCCC)c1. The second kappa shape index (κ2) is 16.6. The highest BCUT2D eigenvalue weighted by Crippen LogP contribution is 2.36. The van der Waals surface area contributed by atoms with E-state index in [9.17, 15) is 5.84 Å². The minimum atomic E-state index is 1.06. The lowest BCUT2D eigenvalue weighted by Crippen LogP contribution is -2.13. The summed E-state index contributed by atoms with van der Waals surface area (Å²) in [5.74, 6) is 9.59. The van der Waals surface area contributed by atoms with Crippen LogP contribution in [-0.2, 0) is 25.7 Å². The standard InChI is InChI=1S/C38H56N2/c1-7-12-17-22-36-29(6)37(34-25-30(18-13-8-2)23-31(26-34)19-14-9-3)40(39)38(36)35-27-32(20-15-10-4)24-33(28-35)21-16-11-5/h22-28,39H,7-21H2,1-6H3. The molecule has 0 bridgehead atoms. The van der Waals surface area contributed by atoms with Gasteiger partial charge in [-0.25, -0.2) is 4.68 Å². The molecule has 218 valence electrons. The van der Waals surface area contributed by atoms with E-state index in [-0.39, 0.29) is 0 Å². The lowest BCUT2D eigenvalue weighted by atomic mass is 9.91. The van der Waals surface area contributed by atoms with Crippen LogP contribution in [-0.4, -0.2) is 10.4 Å². The molecule has 0 saturated heterocycles. The van der Waals surface area contributed by atoms with E-state index in [1.165, 1.54) is 109 Å². The molecule has 2 nitrogen and oxygen atoms in total. The van der Waals surface area contributed by atoms with Crippen LogP contribution in [0.3, 0.4) is 0 Å². The van der Waals surface area contributed by atoms with Crippen molar-refractivity contribution in [2.24, 2.45) is 0 Å². The first kappa shape index (κ1) is 31.9. The van der Waals surface area contributed by atoms with E-state index in [1.54, 1.807) is 4.68 Å². The highest BCUT2D eigenvalue weighted by molar-refractivity contribution is 6.16. The van der Waals surface area contributed by atoms with E-state index in [4.69, 9.17) is 0 Å². The Balaban J connectivity index is 2.19. The van der Waals surface area contributed by atoms with Gasteiger partial charge in [0.25, 0.3) is 0 Å². The molecule has 0 fully saturated rings. The van der Waals surface area contributed by atoms with Gasteiger partial charge in [0.15, 0.2) is 0 Å². The molecule has 1 aliphatic rings. The van der Waals surface area contributed by atoms with Gasteiger partial charge < -0.3 is 5.84 Å². The van der Waals surface area contributed by atoms with Crippen LogP contribution in [0, 0.1) is 0 Å². The molecular weight excluding hydrogens is 484 g/mol. The van der Waals surface area contributed by atoms with E-state index in [0.29, 0.717) is 0 Å². The van der Waals surface area contributed by atoms with Crippen molar-refractivity contribution in [3.63, 3.8) is 0 Å². The summed E-state index contributed by atoms with van der Waals surface area (Å²) in [6.45, 7) is 13.6. The maximum atomic E-state index is 9.59. The number of nitrogens with one attached hydrogen (secondary N) is 1. The zero-order valence-corrected chi connectivity index (χ0v) is 26.6. The molecule has 0 radical (unpaired) electrons. The molecule has 0 atom stereocenters. The Kier molecular flexibility index (Phi) is 13.2. The van der Waals surface area contributed by atoms with Gasteiger partial charge in [-0.05, 0) is 111 Å². The molecule has 2 aromatic rings. The highest BCUT2D eigenvalue weighted by atomic mass is 15.3. The third-order valence-corrected chi connectivity index (χ3v) is 8.30. The van der Waals surface area contributed by atoms with Crippen molar-refractivity contribution in [3.05, 3.63) is 92.8 Å². The van der Waals surface area contributed by atoms with Crippen molar-refractivity contribution in [1.29, 1.82) is 0 Å². The van der Waals surface area contributed by atoms with Gasteiger partial charge in [0, 0.05) is 16.7 Å². The number of unbranched alkanes of at least 4 members (excludes halogenated alkanes) is 6. The molecule has 0 aromatic heterocycles. The summed E-state index contributed by atoms with van der Waals surface area (Å²) in [5.41, 5.74) is 12.8. The molecule has 0 aliphatic carbocycles. The summed E-state index contributed by atoms with van der Waals surface area (Å²) < 4.78 is 1.79. The molecule has 2 heteroatoms. The predicted molar refractivity (Wildman–Crippen MR) is 176 cm³/mol. The molecule has 1 heterocycles. The first-order valence-corrected chi connectivity index (χ1v) is 16.5. The summed E-state index contributed by atoms with van der Waals surface area (Å²) in [6, 6.07) is 14.4. The van der Waals surface area contributed by atoms with Gasteiger partial charge in [0.05, 0.1) is 5.57 Å². The van der Waals surface area contributed by atoms with Crippen molar-refractivity contribution in [3.8, 4) is 0 Å². The van der Waals surface area contributed by atoms with Crippen LogP contribution < -0.4 is 0 Å². The Labute approximate surface area is 246 Å². The third kappa shape index (κ3) is 8.45. The number of nitrogens with zero attached hydrogens (tertiary/aromatic N) is 1. The fourth-order valence-corrected chi connectivity index (χ4v) is 5.94. The molecule has 1 aliphatic heterocycles. The average Bonchev–Trinajstić information content (AvgIpc) is 3.21. The van der Waals surface area contributed by atoms with Gasteiger partial charge in [-0.1, -0.05) is 91.4 Å². The van der Waals surface area contributed by atoms with E-state index in [1.807, 2.05) is 0 Å². The Morgan fingerprint density at radius 1 is 0.575 bits per heavy atom. The predicted octanol–water partition coefficient (Wildman–Crippen LogP) is 11.4. The molecule has 0 saturated carbocycles. The first-order chi connectivity index (χ1) is 19.5. The largest absolute Gasteiger partial charge is 0.448 e. The lowest BCUT2D eigenvalue weighted by molar-refractivity contribution is -0.347. The molecule has 0 amide bonds. The van der Waals surface area contributed by atoms with Gasteiger partial charge in [-0.15, -0.1) is 0 Å². The Bertz CT molecular complexity index is 1140. The van der Waals surface area contributed by atoms with Gasteiger partial charge in [0.1, 0.15) is 0 Å². The summed E-state index contributed by atoms with van der Waals surface area (Å²) >= 11 is 0. The number of hydrogen-bond acceptors (Lipinski definition) is 0. The fraction of sp³-hybridized carbons (Fsp3) is 0.553. The molecule has 1 N–H and O–H groups in total. The zero-order valence-electron chi connectivity index (χ0n) is 26.6. The van der Waals surface area contributed by atoms with Crippen molar-refractivity contribution >= 4 is 11.4 Å². The van der Waals surface area contributed by atoms with Gasteiger partial charge in [-0.2, -0.15) is 0 Å². The summed E-state index contributed by atoms with van der Waals surface area (Å²) in [4.78, 5) is 0. The number of hydrogen-bond donors (Lipinski definition) is 0. The van der Waals surface area contributed by atoms with Gasteiger partial charge >= 0.3 is 0 Å². The summed E-state index contributed by atoms with van der Waals surface area (Å²) in [6.07, 6.45) is 20.0. The number of benzene rings is 2. The molecule has 40 heavy (non-hydrogen) atoms. The Morgan fingerprint density at radius 2 is 0.975 bits per heavy atom. The van der Waals surface area contributed by atoms with E-state index >= 15 is 0 Å². The minimum Gasteiger partial charge on any atom is -0.448 e. The molecule has 0 spiro atoms. The van der Waals surface area contributed by atoms with Gasteiger partial charge in [0.2, 0.25) is 11.4 Å². The Hall–Kier alpha value is -2.61. The van der Waals surface area contributed by atoms with E-state index in [2.05, 4.69) is 84.0 Å². The molecular formula is C38H56N2. The second-order valence-electron chi connectivity index (χ2n) is 11.9. The smallest absolute Gasteiger partial charge is 0.215 e. The topological polar surface area (TPSA) is 26.8 Å². The van der Waals surface area contributed by atoms with Crippen LogP contribution in [0.4, 0.5) is 0 Å². The van der Waals surface area contributed by atoms with Gasteiger partial charge in [-0.3, -0.25) is 0 Å². The van der Waals surface area contributed by atoms with Crippen LogP contribution in [0.15, 0.2) is 53.6 Å². The fourth-order valence-electron chi connectivity index (χ4n) is 5.94. The molecule has 0 unspecified atom stereocenters. The van der Waals surface area contributed by atoms with E-state index in [0.717, 1.165) is 43.5 Å². The van der Waals surface area contributed by atoms with Crippen LogP contribution in [0.1, 0.15) is 146 Å². The third-order valence-electron chi connectivity index (χ3n) is 8.30. The van der Waals surface area contributed by atoms with Crippen LogP contribution in [0.25, 0.3) is 11.5 Å². The zero-order chi connectivity index (χ0) is 28.9. The molecule has 2 aromatic carbocycles. The van der Waals surface area contributed by atoms with Crippen molar-refractivity contribution in [2.45, 2.75) is 138 Å². The van der Waals surface area contributed by atoms with E-state index < -0.39 is 0 Å². The Morgan fingerprint density at radius 3 is 1.38 bits per heavy atom. The van der Waals surface area contributed by atoms with Crippen LogP contribution >= 0.6 is 0 Å². The highest BCUT2D eigenvalue weighted by Gasteiger charge is 2.33. The normalized spacial score (nSPS) is 14.7.